The van der Waals surface area contributed by atoms with Gasteiger partial charge in [-0.25, -0.2) is 0 Å². The lowest BCUT2D eigenvalue weighted by Crippen LogP contribution is -2.72. The molecule has 0 bridgehead atoms. The first-order chi connectivity index (χ1) is 12.7. The van der Waals surface area contributed by atoms with Gasteiger partial charge < -0.3 is 4.74 Å². The van der Waals surface area contributed by atoms with Crippen LogP contribution in [0, 0.1) is 0 Å². The summed E-state index contributed by atoms with van der Waals surface area (Å²) >= 11 is 0.618. The van der Waals surface area contributed by atoms with Gasteiger partial charge in [-0.3, -0.25) is 4.79 Å². The van der Waals surface area contributed by atoms with Gasteiger partial charge in [0.05, 0.1) is 7.11 Å². The van der Waals surface area contributed by atoms with Crippen LogP contribution in [-0.4, -0.2) is 58.2 Å². The number of methoxy groups -OCH3 is 1. The molecule has 18 heteroatoms. The maximum absolute atomic E-state index is 13.7. The molecule has 0 radical (unpaired) electrons. The minimum absolute atomic E-state index is 0.339. The normalized spacial score (nSPS) is 17.5. The van der Waals surface area contributed by atoms with Crippen LogP contribution in [0.2, 0.25) is 0 Å². The van der Waals surface area contributed by atoms with Crippen LogP contribution in [-0.2, 0) is 9.53 Å². The molecule has 2 nitrogen and oxygen atoms in total. The largest absolute Gasteiger partial charge is 0.468 e. The number of ether oxygens (including phenoxy) is 1. The first kappa shape index (κ1) is 29.1. The highest BCUT2D eigenvalue weighted by Crippen LogP contribution is 2.63. The fourth-order valence-electron chi connectivity index (χ4n) is 1.81. The number of carbonyl (C=O) groups excluding carboxylic acids is 1. The Kier molecular flexibility index (Phi) is 7.41. The van der Waals surface area contributed by atoms with Crippen LogP contribution in [0.5, 0.6) is 0 Å². The number of esters is 1. The third-order valence-corrected chi connectivity index (χ3v) is 4.38. The van der Waals surface area contributed by atoms with E-state index < -0.39 is 57.5 Å². The molecule has 0 saturated carbocycles. The molecule has 0 saturated heterocycles. The highest BCUT2D eigenvalue weighted by molar-refractivity contribution is 14.1. The SMILES string of the molecule is COC(=O)C(C)(I)CC(F)(F)C(F)(F)C(F)(F)C(F)(F)C(F)(F)C(F)(F)C(F)(F)F. The summed E-state index contributed by atoms with van der Waals surface area (Å²) in [6.07, 6.45) is -10.4. The Labute approximate surface area is 170 Å². The van der Waals surface area contributed by atoms with Crippen molar-refractivity contribution in [1.82, 2.24) is 0 Å². The average Bonchev–Trinajstić information content (AvgIpc) is 2.50. The van der Waals surface area contributed by atoms with Crippen molar-refractivity contribution in [2.24, 2.45) is 0 Å². The van der Waals surface area contributed by atoms with Gasteiger partial charge in [-0.05, 0) is 6.92 Å². The molecule has 0 N–H and O–H groups in total. The predicted molar refractivity (Wildman–Crippen MR) is 74.8 cm³/mol. The van der Waals surface area contributed by atoms with Gasteiger partial charge in [-0.15, -0.1) is 0 Å². The van der Waals surface area contributed by atoms with Crippen LogP contribution in [0.4, 0.5) is 65.9 Å². The summed E-state index contributed by atoms with van der Waals surface area (Å²) < 4.78 is 196. The van der Waals surface area contributed by atoms with Crippen molar-refractivity contribution in [1.29, 1.82) is 0 Å². The van der Waals surface area contributed by atoms with E-state index in [-0.39, 0.29) is 0 Å². The number of carbonyl (C=O) groups is 1. The van der Waals surface area contributed by atoms with Crippen LogP contribution < -0.4 is 0 Å². The number of hydrogen-bond acceptors (Lipinski definition) is 2. The van der Waals surface area contributed by atoms with E-state index >= 15 is 0 Å². The van der Waals surface area contributed by atoms with Crippen molar-refractivity contribution in [3.05, 3.63) is 0 Å². The molecular formula is C12H8F15IO2. The third-order valence-electron chi connectivity index (χ3n) is 3.56. The van der Waals surface area contributed by atoms with Gasteiger partial charge in [-0.2, -0.15) is 65.9 Å². The third kappa shape index (κ3) is 4.12. The van der Waals surface area contributed by atoms with E-state index in [2.05, 4.69) is 4.74 Å². The fourth-order valence-corrected chi connectivity index (χ4v) is 2.51. The fraction of sp³-hybridized carbons (Fsp3) is 0.917. The van der Waals surface area contributed by atoms with E-state index in [1.807, 2.05) is 0 Å². The van der Waals surface area contributed by atoms with Gasteiger partial charge in [0.25, 0.3) is 0 Å². The standard InChI is InChI=1S/C12H8F15IO2/c1-5(28,4(29)30-2)3-6(13,14)7(15,16)8(17,18)9(19,20)10(21,22)11(23,24)12(25,26)27/h3H2,1-2H3. The first-order valence-electron chi connectivity index (χ1n) is 6.80. The Hall–Kier alpha value is -0.850. The molecule has 1 atom stereocenters. The van der Waals surface area contributed by atoms with Crippen molar-refractivity contribution in [2.45, 2.75) is 58.5 Å². The first-order valence-corrected chi connectivity index (χ1v) is 7.88. The zero-order chi connectivity index (χ0) is 25.0. The molecule has 0 aliphatic carbocycles. The monoisotopic (exact) mass is 596 g/mol. The van der Waals surface area contributed by atoms with E-state index in [0.717, 1.165) is 0 Å². The number of halogens is 16. The Balaban J connectivity index is 6.52. The number of rotatable bonds is 8. The van der Waals surface area contributed by atoms with Crippen molar-refractivity contribution in [3.8, 4) is 0 Å². The van der Waals surface area contributed by atoms with E-state index in [4.69, 9.17) is 0 Å². The molecule has 180 valence electrons. The van der Waals surface area contributed by atoms with Crippen LogP contribution in [0.25, 0.3) is 0 Å². The van der Waals surface area contributed by atoms with Crippen molar-refractivity contribution in [3.63, 3.8) is 0 Å². The molecule has 0 aliphatic rings. The Bertz CT molecular complexity index is 652. The summed E-state index contributed by atoms with van der Waals surface area (Å²) in [6.45, 7) is 0.339. The average molecular weight is 596 g/mol. The van der Waals surface area contributed by atoms with Crippen molar-refractivity contribution < 1.29 is 75.4 Å². The van der Waals surface area contributed by atoms with Gasteiger partial charge >= 0.3 is 47.7 Å². The molecule has 0 heterocycles. The predicted octanol–water partition coefficient (Wildman–Crippen LogP) is 6.12. The molecule has 0 rings (SSSR count). The molecule has 1 unspecified atom stereocenters. The lowest BCUT2D eigenvalue weighted by molar-refractivity contribution is -0.452. The molecule has 0 fully saturated rings. The van der Waals surface area contributed by atoms with E-state index in [9.17, 15) is 70.7 Å². The molecule has 0 amide bonds. The molecular weight excluding hydrogens is 588 g/mol. The second-order valence-corrected chi connectivity index (χ2v) is 8.32. The van der Waals surface area contributed by atoms with Gasteiger partial charge in [0.1, 0.15) is 3.42 Å². The topological polar surface area (TPSA) is 26.3 Å². The summed E-state index contributed by atoms with van der Waals surface area (Å²) in [5.74, 6) is -48.8. The zero-order valence-corrected chi connectivity index (χ0v) is 16.2. The van der Waals surface area contributed by atoms with E-state index in [1.54, 1.807) is 0 Å². The Morgan fingerprint density at radius 2 is 0.967 bits per heavy atom. The highest BCUT2D eigenvalue weighted by atomic mass is 127. The number of alkyl halides is 16. The minimum Gasteiger partial charge on any atom is -0.468 e. The lowest BCUT2D eigenvalue weighted by Gasteiger charge is -2.42. The summed E-state index contributed by atoms with van der Waals surface area (Å²) in [5, 5.41) is 0. The lowest BCUT2D eigenvalue weighted by atomic mass is 9.88. The number of hydrogen-bond donors (Lipinski definition) is 0. The maximum atomic E-state index is 13.7. The molecule has 0 aliphatic heterocycles. The van der Waals surface area contributed by atoms with Crippen LogP contribution in [0.15, 0.2) is 0 Å². The molecule has 0 aromatic carbocycles. The summed E-state index contributed by atoms with van der Waals surface area (Å²) in [4.78, 5) is 11.2. The Morgan fingerprint density at radius 3 is 1.27 bits per heavy atom. The van der Waals surface area contributed by atoms with Gasteiger partial charge in [0.2, 0.25) is 0 Å². The molecule has 0 spiro atoms. The minimum atomic E-state index is -8.35. The maximum Gasteiger partial charge on any atom is 0.460 e. The van der Waals surface area contributed by atoms with Gasteiger partial charge in [-0.1, -0.05) is 22.6 Å². The summed E-state index contributed by atoms with van der Waals surface area (Å²) in [7, 11) is 0.498. The van der Waals surface area contributed by atoms with Crippen molar-refractivity contribution in [2.75, 3.05) is 7.11 Å². The second-order valence-electron chi connectivity index (χ2n) is 5.94. The summed E-state index contributed by atoms with van der Waals surface area (Å²) in [5.41, 5.74) is 0. The summed E-state index contributed by atoms with van der Waals surface area (Å²) in [6, 6.07) is 0. The smallest absolute Gasteiger partial charge is 0.460 e. The quantitative estimate of drug-likeness (QED) is 0.146. The van der Waals surface area contributed by atoms with Crippen molar-refractivity contribution >= 4 is 28.6 Å². The highest BCUT2D eigenvalue weighted by Gasteiger charge is 2.93. The molecule has 0 aromatic heterocycles. The molecule has 30 heavy (non-hydrogen) atoms. The van der Waals surface area contributed by atoms with Gasteiger partial charge in [0, 0.05) is 6.42 Å². The Morgan fingerprint density at radius 1 is 0.667 bits per heavy atom. The zero-order valence-electron chi connectivity index (χ0n) is 14.1. The van der Waals surface area contributed by atoms with Crippen LogP contribution >= 0.6 is 22.6 Å². The van der Waals surface area contributed by atoms with Crippen LogP contribution in [0.3, 0.4) is 0 Å². The van der Waals surface area contributed by atoms with Gasteiger partial charge in [0.15, 0.2) is 0 Å². The van der Waals surface area contributed by atoms with E-state index in [0.29, 0.717) is 36.6 Å². The van der Waals surface area contributed by atoms with Crippen LogP contribution in [0.1, 0.15) is 13.3 Å². The van der Waals surface area contributed by atoms with E-state index in [1.165, 1.54) is 0 Å². The molecule has 0 aromatic rings. The second kappa shape index (κ2) is 7.63.